The van der Waals surface area contributed by atoms with E-state index in [-0.39, 0.29) is 0 Å². The van der Waals surface area contributed by atoms with Gasteiger partial charge in [-0.3, -0.25) is 0 Å². The zero-order valence-corrected chi connectivity index (χ0v) is 11.1. The summed E-state index contributed by atoms with van der Waals surface area (Å²) in [5, 5.41) is 12.5. The van der Waals surface area contributed by atoms with Gasteiger partial charge in [0.25, 0.3) is 0 Å². The Morgan fingerprint density at radius 1 is 1.05 bits per heavy atom. The van der Waals surface area contributed by atoms with E-state index in [1.165, 1.54) is 18.4 Å². The molecular formula is C17H17NO2. The molecule has 102 valence electrons. The fourth-order valence-corrected chi connectivity index (χ4v) is 2.37. The van der Waals surface area contributed by atoms with Gasteiger partial charge in [0, 0.05) is 5.69 Å². The highest BCUT2D eigenvalue weighted by Gasteiger charge is 2.24. The summed E-state index contributed by atoms with van der Waals surface area (Å²) in [6.45, 7) is 0. The summed E-state index contributed by atoms with van der Waals surface area (Å²) in [7, 11) is 0. The van der Waals surface area contributed by atoms with Gasteiger partial charge >= 0.3 is 5.97 Å². The van der Waals surface area contributed by atoms with Crippen LogP contribution in [0, 0.1) is 0 Å². The minimum atomic E-state index is -0.868. The molecule has 1 atom stereocenters. The van der Waals surface area contributed by atoms with Gasteiger partial charge in [-0.05, 0) is 42.0 Å². The minimum Gasteiger partial charge on any atom is -0.479 e. The van der Waals surface area contributed by atoms with Gasteiger partial charge in [-0.2, -0.15) is 0 Å². The molecule has 0 aliphatic heterocycles. The van der Waals surface area contributed by atoms with E-state index in [0.29, 0.717) is 5.92 Å². The van der Waals surface area contributed by atoms with Crippen LogP contribution in [0.1, 0.15) is 35.9 Å². The number of hydrogen-bond donors (Lipinski definition) is 2. The third kappa shape index (κ3) is 2.82. The number of nitrogens with one attached hydrogen (secondary N) is 1. The van der Waals surface area contributed by atoms with Crippen molar-refractivity contribution in [1.82, 2.24) is 0 Å². The fraction of sp³-hybridized carbons (Fsp3) is 0.235. The maximum Gasteiger partial charge on any atom is 0.330 e. The lowest BCUT2D eigenvalue weighted by molar-refractivity contribution is -0.138. The van der Waals surface area contributed by atoms with E-state index in [1.54, 1.807) is 0 Å². The first-order valence-corrected chi connectivity index (χ1v) is 6.88. The van der Waals surface area contributed by atoms with E-state index in [4.69, 9.17) is 0 Å². The van der Waals surface area contributed by atoms with Crippen molar-refractivity contribution in [2.24, 2.45) is 0 Å². The molecule has 0 saturated heterocycles. The molecule has 2 aromatic carbocycles. The average Bonchev–Trinajstić information content (AvgIpc) is 3.30. The molecule has 3 nitrogen and oxygen atoms in total. The Morgan fingerprint density at radius 2 is 1.70 bits per heavy atom. The van der Waals surface area contributed by atoms with Crippen molar-refractivity contribution in [1.29, 1.82) is 0 Å². The van der Waals surface area contributed by atoms with Crippen LogP contribution in [0.4, 0.5) is 5.69 Å². The second-order valence-corrected chi connectivity index (χ2v) is 5.22. The van der Waals surface area contributed by atoms with E-state index in [0.717, 1.165) is 11.3 Å². The topological polar surface area (TPSA) is 49.3 Å². The number of benzene rings is 2. The average molecular weight is 267 g/mol. The van der Waals surface area contributed by atoms with Gasteiger partial charge < -0.3 is 10.4 Å². The summed E-state index contributed by atoms with van der Waals surface area (Å²) in [5.41, 5.74) is 2.91. The van der Waals surface area contributed by atoms with Crippen molar-refractivity contribution >= 4 is 11.7 Å². The Labute approximate surface area is 118 Å². The van der Waals surface area contributed by atoms with Crippen molar-refractivity contribution in [2.75, 3.05) is 5.32 Å². The first-order valence-electron chi connectivity index (χ1n) is 6.88. The highest BCUT2D eigenvalue weighted by Crippen LogP contribution is 2.40. The molecule has 0 heterocycles. The molecule has 2 aromatic rings. The zero-order valence-electron chi connectivity index (χ0n) is 11.1. The molecule has 1 fully saturated rings. The molecule has 1 aliphatic rings. The standard InChI is InChI=1S/C17H17NO2/c19-17(20)16(18-15-4-2-1-3-5-15)14-10-8-13(9-11-14)12-6-7-12/h1-5,8-12,16,18H,6-7H2,(H,19,20). The van der Waals surface area contributed by atoms with Gasteiger partial charge in [-0.15, -0.1) is 0 Å². The number of carboxylic acids is 1. The number of rotatable bonds is 5. The van der Waals surface area contributed by atoms with Gasteiger partial charge in [0.2, 0.25) is 0 Å². The Hall–Kier alpha value is -2.29. The summed E-state index contributed by atoms with van der Waals surface area (Å²) >= 11 is 0. The lowest BCUT2D eigenvalue weighted by Gasteiger charge is -2.16. The Balaban J connectivity index is 1.80. The number of aliphatic carboxylic acids is 1. The summed E-state index contributed by atoms with van der Waals surface area (Å²) in [6.07, 6.45) is 2.51. The maximum atomic E-state index is 11.5. The van der Waals surface area contributed by atoms with Gasteiger partial charge in [-0.1, -0.05) is 42.5 Å². The number of carboxylic acid groups (broad SMARTS) is 1. The van der Waals surface area contributed by atoms with Crippen molar-refractivity contribution < 1.29 is 9.90 Å². The first-order chi connectivity index (χ1) is 9.74. The summed E-state index contributed by atoms with van der Waals surface area (Å²) in [4.78, 5) is 11.5. The predicted octanol–water partition coefficient (Wildman–Crippen LogP) is 3.80. The molecule has 1 saturated carbocycles. The quantitative estimate of drug-likeness (QED) is 0.866. The van der Waals surface area contributed by atoms with Crippen molar-refractivity contribution in [3.8, 4) is 0 Å². The van der Waals surface area contributed by atoms with Crippen LogP contribution in [0.15, 0.2) is 54.6 Å². The molecule has 0 spiro atoms. The normalized spacial score (nSPS) is 15.6. The molecule has 0 radical (unpaired) electrons. The van der Waals surface area contributed by atoms with Crippen LogP contribution in [-0.2, 0) is 4.79 Å². The van der Waals surface area contributed by atoms with Crippen LogP contribution in [0.25, 0.3) is 0 Å². The van der Waals surface area contributed by atoms with Gasteiger partial charge in [0.15, 0.2) is 6.04 Å². The highest BCUT2D eigenvalue weighted by molar-refractivity contribution is 5.79. The van der Waals surface area contributed by atoms with Crippen molar-refractivity contribution in [3.05, 3.63) is 65.7 Å². The number of hydrogen-bond acceptors (Lipinski definition) is 2. The second kappa shape index (κ2) is 5.37. The van der Waals surface area contributed by atoms with E-state index < -0.39 is 12.0 Å². The van der Waals surface area contributed by atoms with E-state index in [1.807, 2.05) is 42.5 Å². The molecule has 2 N–H and O–H groups in total. The maximum absolute atomic E-state index is 11.5. The molecule has 0 aromatic heterocycles. The Morgan fingerprint density at radius 3 is 2.25 bits per heavy atom. The second-order valence-electron chi connectivity index (χ2n) is 5.22. The number of carbonyl (C=O) groups is 1. The van der Waals surface area contributed by atoms with E-state index in [9.17, 15) is 9.90 Å². The van der Waals surface area contributed by atoms with Crippen molar-refractivity contribution in [2.45, 2.75) is 24.8 Å². The lowest BCUT2D eigenvalue weighted by atomic mass is 10.0. The SMILES string of the molecule is O=C(O)C(Nc1ccccc1)c1ccc(C2CC2)cc1. The number of anilines is 1. The molecule has 3 heteroatoms. The molecule has 1 aliphatic carbocycles. The smallest absolute Gasteiger partial charge is 0.330 e. The predicted molar refractivity (Wildman–Crippen MR) is 78.9 cm³/mol. The number of para-hydroxylation sites is 1. The molecule has 0 amide bonds. The van der Waals surface area contributed by atoms with Crippen LogP contribution < -0.4 is 5.32 Å². The molecular weight excluding hydrogens is 250 g/mol. The fourth-order valence-electron chi connectivity index (χ4n) is 2.37. The summed E-state index contributed by atoms with van der Waals surface area (Å²) in [6, 6.07) is 16.6. The third-order valence-electron chi connectivity index (χ3n) is 3.65. The van der Waals surface area contributed by atoms with Gasteiger partial charge in [0.05, 0.1) is 0 Å². The molecule has 3 rings (SSSR count). The largest absolute Gasteiger partial charge is 0.479 e. The van der Waals surface area contributed by atoms with Crippen LogP contribution in [0.3, 0.4) is 0 Å². The zero-order chi connectivity index (χ0) is 13.9. The lowest BCUT2D eigenvalue weighted by Crippen LogP contribution is -2.20. The van der Waals surface area contributed by atoms with Crippen LogP contribution in [0.2, 0.25) is 0 Å². The monoisotopic (exact) mass is 267 g/mol. The minimum absolute atomic E-state index is 0.689. The van der Waals surface area contributed by atoms with Crippen LogP contribution in [0.5, 0.6) is 0 Å². The molecule has 20 heavy (non-hydrogen) atoms. The van der Waals surface area contributed by atoms with E-state index in [2.05, 4.69) is 17.4 Å². The highest BCUT2D eigenvalue weighted by atomic mass is 16.4. The molecule has 0 bridgehead atoms. The van der Waals surface area contributed by atoms with Crippen LogP contribution in [-0.4, -0.2) is 11.1 Å². The Kier molecular flexibility index (Phi) is 3.42. The summed E-state index contributed by atoms with van der Waals surface area (Å²) in [5.74, 6) is -0.178. The van der Waals surface area contributed by atoms with Gasteiger partial charge in [0.1, 0.15) is 0 Å². The third-order valence-corrected chi connectivity index (χ3v) is 3.65. The Bertz CT molecular complexity index is 588. The first kappa shape index (κ1) is 12.7. The van der Waals surface area contributed by atoms with Crippen LogP contribution >= 0.6 is 0 Å². The summed E-state index contributed by atoms with van der Waals surface area (Å²) < 4.78 is 0. The van der Waals surface area contributed by atoms with E-state index >= 15 is 0 Å². The van der Waals surface area contributed by atoms with Gasteiger partial charge in [-0.25, -0.2) is 4.79 Å². The van der Waals surface area contributed by atoms with Crippen molar-refractivity contribution in [3.63, 3.8) is 0 Å². The molecule has 1 unspecified atom stereocenters.